The smallest absolute Gasteiger partial charge is 0.327 e. The van der Waals surface area contributed by atoms with Crippen molar-refractivity contribution >= 4 is 17.8 Å². The van der Waals surface area contributed by atoms with E-state index in [0.717, 1.165) is 5.56 Å². The lowest BCUT2D eigenvalue weighted by atomic mass is 10.0. The van der Waals surface area contributed by atoms with E-state index < -0.39 is 30.3 Å². The zero-order chi connectivity index (χ0) is 14.9. The van der Waals surface area contributed by atoms with Crippen LogP contribution < -0.4 is 0 Å². The third-order valence-electron chi connectivity index (χ3n) is 3.50. The van der Waals surface area contributed by atoms with Gasteiger partial charge in [-0.25, -0.2) is 4.79 Å². The van der Waals surface area contributed by atoms with Crippen molar-refractivity contribution in [2.45, 2.75) is 31.8 Å². The summed E-state index contributed by atoms with van der Waals surface area (Å²) in [5.74, 6) is -2.95. The molecule has 1 aliphatic rings. The summed E-state index contributed by atoms with van der Waals surface area (Å²) in [5, 5.41) is 18.1. The van der Waals surface area contributed by atoms with Crippen molar-refractivity contribution in [2.24, 2.45) is 0 Å². The third kappa shape index (κ3) is 2.24. The number of aliphatic carboxylic acids is 2. The number of carboxylic acids is 2. The van der Waals surface area contributed by atoms with E-state index in [9.17, 15) is 19.5 Å². The van der Waals surface area contributed by atoms with Crippen molar-refractivity contribution in [3.8, 4) is 0 Å². The van der Waals surface area contributed by atoms with Crippen LogP contribution in [0, 0.1) is 0 Å². The van der Waals surface area contributed by atoms with Crippen LogP contribution in [0.5, 0.6) is 0 Å². The number of carboxylic acid groups (broad SMARTS) is 2. The monoisotopic (exact) mass is 277 g/mol. The highest BCUT2D eigenvalue weighted by Crippen LogP contribution is 2.37. The summed E-state index contributed by atoms with van der Waals surface area (Å²) in [6.45, 7) is 1.84. The number of hydrogen-bond acceptors (Lipinski definition) is 3. The molecule has 2 rings (SSSR count). The van der Waals surface area contributed by atoms with Gasteiger partial charge in [0.25, 0.3) is 5.91 Å². The van der Waals surface area contributed by atoms with Crippen LogP contribution in [-0.4, -0.2) is 39.0 Å². The molecule has 106 valence electrons. The lowest BCUT2D eigenvalue weighted by Crippen LogP contribution is -2.44. The fourth-order valence-corrected chi connectivity index (χ4v) is 2.66. The minimum atomic E-state index is -1.35. The highest BCUT2D eigenvalue weighted by Gasteiger charge is 2.43. The maximum atomic E-state index is 12.4. The van der Waals surface area contributed by atoms with Gasteiger partial charge in [-0.2, -0.15) is 0 Å². The zero-order valence-corrected chi connectivity index (χ0v) is 10.9. The van der Waals surface area contributed by atoms with E-state index in [-0.39, 0.29) is 6.04 Å². The van der Waals surface area contributed by atoms with Crippen LogP contribution in [0.25, 0.3) is 0 Å². The fourth-order valence-electron chi connectivity index (χ4n) is 2.66. The van der Waals surface area contributed by atoms with Gasteiger partial charge in [-0.3, -0.25) is 9.59 Å². The average Bonchev–Trinajstić information content (AvgIpc) is 2.68. The molecule has 0 aromatic heterocycles. The highest BCUT2D eigenvalue weighted by atomic mass is 16.4. The topological polar surface area (TPSA) is 94.9 Å². The van der Waals surface area contributed by atoms with E-state index in [4.69, 9.17) is 5.11 Å². The predicted octanol–water partition coefficient (Wildman–Crippen LogP) is 1.52. The Labute approximate surface area is 115 Å². The van der Waals surface area contributed by atoms with E-state index in [1.165, 1.54) is 4.90 Å². The van der Waals surface area contributed by atoms with Gasteiger partial charge in [0, 0.05) is 5.56 Å². The first-order valence-corrected chi connectivity index (χ1v) is 6.33. The number of carbonyl (C=O) groups excluding carboxylic acids is 1. The largest absolute Gasteiger partial charge is 0.481 e. The number of fused-ring (bicyclic) bond motifs is 1. The molecule has 1 aliphatic heterocycles. The second-order valence-corrected chi connectivity index (χ2v) is 4.68. The van der Waals surface area contributed by atoms with Crippen LogP contribution in [-0.2, 0) is 9.59 Å². The van der Waals surface area contributed by atoms with E-state index in [1.807, 2.05) is 6.92 Å². The molecule has 0 saturated carbocycles. The van der Waals surface area contributed by atoms with E-state index >= 15 is 0 Å². The summed E-state index contributed by atoms with van der Waals surface area (Å²) in [6, 6.07) is 5.17. The van der Waals surface area contributed by atoms with Crippen molar-refractivity contribution < 1.29 is 24.6 Å². The van der Waals surface area contributed by atoms with Crippen LogP contribution in [0.3, 0.4) is 0 Å². The molecule has 0 saturated heterocycles. The van der Waals surface area contributed by atoms with Gasteiger partial charge >= 0.3 is 11.9 Å². The Morgan fingerprint density at radius 3 is 2.50 bits per heavy atom. The molecule has 1 heterocycles. The Kier molecular flexibility index (Phi) is 3.74. The van der Waals surface area contributed by atoms with Crippen molar-refractivity contribution in [1.29, 1.82) is 0 Å². The van der Waals surface area contributed by atoms with Gasteiger partial charge in [-0.15, -0.1) is 0 Å². The molecule has 0 bridgehead atoms. The number of carbonyl (C=O) groups is 3. The first-order chi connectivity index (χ1) is 9.47. The Bertz CT molecular complexity index is 568. The maximum Gasteiger partial charge on any atom is 0.327 e. The first-order valence-electron chi connectivity index (χ1n) is 6.33. The maximum absolute atomic E-state index is 12.4. The zero-order valence-electron chi connectivity index (χ0n) is 10.9. The van der Waals surface area contributed by atoms with E-state index in [1.54, 1.807) is 24.3 Å². The SMILES string of the molecule is CCC1c2ccccc2C(=O)N1C(CC(=O)O)C(=O)O. The molecule has 2 atom stereocenters. The van der Waals surface area contributed by atoms with Crippen LogP contribution >= 0.6 is 0 Å². The van der Waals surface area contributed by atoms with E-state index in [0.29, 0.717) is 12.0 Å². The molecule has 20 heavy (non-hydrogen) atoms. The molecule has 0 spiro atoms. The Morgan fingerprint density at radius 1 is 1.30 bits per heavy atom. The van der Waals surface area contributed by atoms with Crippen LogP contribution in [0.2, 0.25) is 0 Å². The number of amides is 1. The summed E-state index contributed by atoms with van der Waals surface area (Å²) in [4.78, 5) is 35.7. The third-order valence-corrected chi connectivity index (χ3v) is 3.50. The molecule has 2 N–H and O–H groups in total. The number of nitrogens with zero attached hydrogens (tertiary/aromatic N) is 1. The molecule has 0 radical (unpaired) electrons. The number of hydrogen-bond donors (Lipinski definition) is 2. The van der Waals surface area contributed by atoms with Gasteiger partial charge in [-0.1, -0.05) is 25.1 Å². The van der Waals surface area contributed by atoms with Crippen molar-refractivity contribution in [1.82, 2.24) is 4.90 Å². The molecule has 1 aromatic carbocycles. The minimum Gasteiger partial charge on any atom is -0.481 e. The van der Waals surface area contributed by atoms with Crippen LogP contribution in [0.4, 0.5) is 0 Å². The fraction of sp³-hybridized carbons (Fsp3) is 0.357. The second-order valence-electron chi connectivity index (χ2n) is 4.68. The molecule has 1 aromatic rings. The molecule has 0 fully saturated rings. The summed E-state index contributed by atoms with van der Waals surface area (Å²) in [7, 11) is 0. The van der Waals surface area contributed by atoms with Crippen molar-refractivity contribution in [3.63, 3.8) is 0 Å². The summed E-state index contributed by atoms with van der Waals surface area (Å²) < 4.78 is 0. The van der Waals surface area contributed by atoms with Gasteiger partial charge in [0.2, 0.25) is 0 Å². The second kappa shape index (κ2) is 5.32. The predicted molar refractivity (Wildman–Crippen MR) is 69.3 cm³/mol. The summed E-state index contributed by atoms with van der Waals surface area (Å²) >= 11 is 0. The summed E-state index contributed by atoms with van der Waals surface area (Å²) in [6.07, 6.45) is -0.0717. The standard InChI is InChI=1S/C14H15NO5/c1-2-10-8-5-3-4-6-9(8)13(18)15(10)11(14(19)20)7-12(16)17/h3-6,10-11H,2,7H2,1H3,(H,16,17)(H,19,20). The Morgan fingerprint density at radius 2 is 1.95 bits per heavy atom. The summed E-state index contributed by atoms with van der Waals surface area (Å²) in [5.41, 5.74) is 1.22. The van der Waals surface area contributed by atoms with Gasteiger partial charge in [0.1, 0.15) is 6.04 Å². The normalized spacial score (nSPS) is 18.8. The minimum absolute atomic E-state index is 0.390. The quantitative estimate of drug-likeness (QED) is 0.850. The molecular formula is C14H15NO5. The number of benzene rings is 1. The van der Waals surface area contributed by atoms with Gasteiger partial charge < -0.3 is 15.1 Å². The number of rotatable bonds is 5. The lowest BCUT2D eigenvalue weighted by Gasteiger charge is -2.29. The molecule has 2 unspecified atom stereocenters. The molecule has 6 nitrogen and oxygen atoms in total. The Hall–Kier alpha value is -2.37. The van der Waals surface area contributed by atoms with Gasteiger partial charge in [0.05, 0.1) is 12.5 Å². The van der Waals surface area contributed by atoms with Gasteiger partial charge in [-0.05, 0) is 18.1 Å². The highest BCUT2D eigenvalue weighted by molar-refractivity contribution is 6.01. The molecular weight excluding hydrogens is 262 g/mol. The Balaban J connectivity index is 2.43. The molecule has 1 amide bonds. The average molecular weight is 277 g/mol. The molecule has 6 heteroatoms. The van der Waals surface area contributed by atoms with Gasteiger partial charge in [0.15, 0.2) is 0 Å². The van der Waals surface area contributed by atoms with E-state index in [2.05, 4.69) is 0 Å². The van der Waals surface area contributed by atoms with Crippen molar-refractivity contribution in [2.75, 3.05) is 0 Å². The lowest BCUT2D eigenvalue weighted by molar-refractivity contribution is -0.149. The van der Waals surface area contributed by atoms with Crippen molar-refractivity contribution in [3.05, 3.63) is 35.4 Å². The van der Waals surface area contributed by atoms with Crippen LogP contribution in [0.15, 0.2) is 24.3 Å². The molecule has 0 aliphatic carbocycles. The first kappa shape index (κ1) is 14.0. The van der Waals surface area contributed by atoms with Crippen LogP contribution in [0.1, 0.15) is 41.7 Å².